The molecule has 2 N–H and O–H groups in total. The number of aromatic nitrogens is 2. The Morgan fingerprint density at radius 3 is 2.95 bits per heavy atom. The lowest BCUT2D eigenvalue weighted by Crippen LogP contribution is -2.47. The van der Waals surface area contributed by atoms with E-state index in [1.54, 1.807) is 16.7 Å². The van der Waals surface area contributed by atoms with Crippen LogP contribution in [0.3, 0.4) is 0 Å². The van der Waals surface area contributed by atoms with Gasteiger partial charge >= 0.3 is 12.0 Å². The minimum absolute atomic E-state index is 0.172. The van der Waals surface area contributed by atoms with Crippen molar-refractivity contribution in [2.45, 2.75) is 31.8 Å². The van der Waals surface area contributed by atoms with Crippen molar-refractivity contribution in [3.63, 3.8) is 0 Å². The molecule has 2 heterocycles. The zero-order valence-corrected chi connectivity index (χ0v) is 14.2. The molecule has 122 valence electrons. The van der Waals surface area contributed by atoms with E-state index in [4.69, 9.17) is 5.11 Å². The SMILES string of the molecule is CCCSc1nsc(NC(=O)N2CC(C)CC(C(=O)O)C2)n1. The summed E-state index contributed by atoms with van der Waals surface area (Å²) in [5.41, 5.74) is 0. The van der Waals surface area contributed by atoms with E-state index in [2.05, 4.69) is 21.6 Å². The van der Waals surface area contributed by atoms with Crippen LogP contribution in [0.5, 0.6) is 0 Å². The molecule has 0 aliphatic carbocycles. The van der Waals surface area contributed by atoms with Crippen LogP contribution in [-0.2, 0) is 4.79 Å². The molecule has 2 rings (SSSR count). The van der Waals surface area contributed by atoms with Gasteiger partial charge in [0, 0.05) is 30.4 Å². The Morgan fingerprint density at radius 2 is 2.27 bits per heavy atom. The number of carboxylic acids is 1. The Morgan fingerprint density at radius 1 is 1.50 bits per heavy atom. The number of hydrogen-bond donors (Lipinski definition) is 2. The van der Waals surface area contributed by atoms with Crippen LogP contribution in [-0.4, -0.2) is 50.2 Å². The van der Waals surface area contributed by atoms with Crippen LogP contribution < -0.4 is 5.32 Å². The lowest BCUT2D eigenvalue weighted by atomic mass is 9.91. The molecular weight excluding hydrogens is 324 g/mol. The van der Waals surface area contributed by atoms with Gasteiger partial charge in [0.25, 0.3) is 0 Å². The highest BCUT2D eigenvalue weighted by Gasteiger charge is 2.32. The maximum absolute atomic E-state index is 12.3. The summed E-state index contributed by atoms with van der Waals surface area (Å²) in [5, 5.41) is 13.0. The Kier molecular flexibility index (Phi) is 6.01. The van der Waals surface area contributed by atoms with Crippen molar-refractivity contribution in [1.82, 2.24) is 14.3 Å². The second-order valence-electron chi connectivity index (χ2n) is 5.44. The minimum atomic E-state index is -0.849. The number of carbonyl (C=O) groups excluding carboxylic acids is 1. The Hall–Kier alpha value is -1.35. The standard InChI is InChI=1S/C13H20N4O3S2/c1-3-4-21-12-14-11(22-16-12)15-13(20)17-6-8(2)5-9(7-17)10(18)19/h8-9H,3-7H2,1-2H3,(H,18,19)(H,14,15,16,20). The number of aliphatic carboxylic acids is 1. The van der Waals surface area contributed by atoms with Crippen molar-refractivity contribution in [2.75, 3.05) is 24.2 Å². The van der Waals surface area contributed by atoms with Gasteiger partial charge in [-0.15, -0.1) is 0 Å². The van der Waals surface area contributed by atoms with Gasteiger partial charge in [-0.25, -0.2) is 4.79 Å². The Balaban J connectivity index is 1.93. The fourth-order valence-corrected chi connectivity index (χ4v) is 3.77. The molecule has 1 fully saturated rings. The molecule has 1 aromatic heterocycles. The smallest absolute Gasteiger partial charge is 0.323 e. The van der Waals surface area contributed by atoms with Gasteiger partial charge in [0.15, 0.2) is 0 Å². The lowest BCUT2D eigenvalue weighted by molar-refractivity contribution is -0.143. The molecule has 0 saturated carbocycles. The highest BCUT2D eigenvalue weighted by Crippen LogP contribution is 2.24. The van der Waals surface area contributed by atoms with E-state index in [0.717, 1.165) is 23.7 Å². The zero-order valence-electron chi connectivity index (χ0n) is 12.6. The third kappa shape index (κ3) is 4.57. The molecule has 22 heavy (non-hydrogen) atoms. The zero-order chi connectivity index (χ0) is 16.1. The summed E-state index contributed by atoms with van der Waals surface area (Å²) in [5.74, 6) is -0.238. The summed E-state index contributed by atoms with van der Waals surface area (Å²) < 4.78 is 4.18. The summed E-state index contributed by atoms with van der Waals surface area (Å²) in [6.45, 7) is 4.84. The first-order valence-electron chi connectivity index (χ1n) is 7.24. The monoisotopic (exact) mass is 344 g/mol. The number of rotatable bonds is 5. The average molecular weight is 344 g/mol. The predicted octanol–water partition coefficient (Wildman–Crippen LogP) is 2.61. The van der Waals surface area contributed by atoms with E-state index in [9.17, 15) is 9.59 Å². The summed E-state index contributed by atoms with van der Waals surface area (Å²) in [6.07, 6.45) is 1.64. The molecule has 2 atom stereocenters. The van der Waals surface area contributed by atoms with Crippen LogP contribution in [0.2, 0.25) is 0 Å². The number of urea groups is 1. The third-order valence-corrected chi connectivity index (χ3v) is 5.15. The Bertz CT molecular complexity index is 537. The van der Waals surface area contributed by atoms with Crippen molar-refractivity contribution in [1.29, 1.82) is 0 Å². The van der Waals surface area contributed by atoms with E-state index in [1.807, 2.05) is 6.92 Å². The molecule has 9 heteroatoms. The second-order valence-corrected chi connectivity index (χ2v) is 7.26. The molecular formula is C13H20N4O3S2. The van der Waals surface area contributed by atoms with Gasteiger partial charge in [-0.2, -0.15) is 9.36 Å². The number of likely N-dealkylation sites (tertiary alicyclic amines) is 1. The van der Waals surface area contributed by atoms with Crippen molar-refractivity contribution >= 4 is 40.4 Å². The first kappa shape index (κ1) is 17.0. The quantitative estimate of drug-likeness (QED) is 0.797. The molecule has 1 saturated heterocycles. The number of thioether (sulfide) groups is 1. The van der Waals surface area contributed by atoms with Gasteiger partial charge in [-0.3, -0.25) is 10.1 Å². The number of hydrogen-bond acceptors (Lipinski definition) is 6. The molecule has 1 aliphatic rings. The highest BCUT2D eigenvalue weighted by molar-refractivity contribution is 7.99. The van der Waals surface area contributed by atoms with Crippen LogP contribution in [0.4, 0.5) is 9.93 Å². The molecule has 2 unspecified atom stereocenters. The highest BCUT2D eigenvalue weighted by atomic mass is 32.2. The normalized spacial score (nSPS) is 21.6. The summed E-state index contributed by atoms with van der Waals surface area (Å²) in [6, 6.07) is -0.305. The van der Waals surface area contributed by atoms with E-state index >= 15 is 0 Å². The van der Waals surface area contributed by atoms with Crippen LogP contribution in [0.15, 0.2) is 5.16 Å². The molecule has 2 amide bonds. The largest absolute Gasteiger partial charge is 0.481 e. The minimum Gasteiger partial charge on any atom is -0.481 e. The van der Waals surface area contributed by atoms with Crippen molar-refractivity contribution < 1.29 is 14.7 Å². The van der Waals surface area contributed by atoms with Crippen LogP contribution in [0.1, 0.15) is 26.7 Å². The maximum Gasteiger partial charge on any atom is 0.323 e. The van der Waals surface area contributed by atoms with Gasteiger partial charge in [-0.1, -0.05) is 25.6 Å². The van der Waals surface area contributed by atoms with Crippen molar-refractivity contribution in [3.8, 4) is 0 Å². The molecule has 1 aromatic rings. The fourth-order valence-electron chi connectivity index (χ4n) is 2.38. The first-order valence-corrected chi connectivity index (χ1v) is 9.00. The van der Waals surface area contributed by atoms with E-state index in [1.165, 1.54) is 0 Å². The van der Waals surface area contributed by atoms with E-state index in [0.29, 0.717) is 23.3 Å². The lowest BCUT2D eigenvalue weighted by Gasteiger charge is -2.34. The number of carboxylic acid groups (broad SMARTS) is 1. The number of anilines is 1. The predicted molar refractivity (Wildman–Crippen MR) is 86.4 cm³/mol. The van der Waals surface area contributed by atoms with E-state index in [-0.39, 0.29) is 18.5 Å². The van der Waals surface area contributed by atoms with Crippen LogP contribution >= 0.6 is 23.3 Å². The fraction of sp³-hybridized carbons (Fsp3) is 0.692. The summed E-state index contributed by atoms with van der Waals surface area (Å²) >= 11 is 2.70. The summed E-state index contributed by atoms with van der Waals surface area (Å²) in [7, 11) is 0. The van der Waals surface area contributed by atoms with Gasteiger partial charge < -0.3 is 10.0 Å². The van der Waals surface area contributed by atoms with Gasteiger partial charge in [0.1, 0.15) is 0 Å². The van der Waals surface area contributed by atoms with Crippen LogP contribution in [0.25, 0.3) is 0 Å². The third-order valence-electron chi connectivity index (χ3n) is 3.35. The maximum atomic E-state index is 12.3. The average Bonchev–Trinajstić information content (AvgIpc) is 2.91. The Labute approximate surface area is 137 Å². The van der Waals surface area contributed by atoms with Crippen molar-refractivity contribution in [3.05, 3.63) is 0 Å². The number of carbonyl (C=O) groups is 2. The van der Waals surface area contributed by atoms with Crippen LogP contribution in [0, 0.1) is 11.8 Å². The summed E-state index contributed by atoms with van der Waals surface area (Å²) in [4.78, 5) is 29.2. The van der Waals surface area contributed by atoms with Gasteiger partial charge in [-0.05, 0) is 18.8 Å². The van der Waals surface area contributed by atoms with Gasteiger partial charge in [0.2, 0.25) is 10.3 Å². The number of nitrogens with one attached hydrogen (secondary N) is 1. The second kappa shape index (κ2) is 7.77. The topological polar surface area (TPSA) is 95.4 Å². The first-order chi connectivity index (χ1) is 10.5. The van der Waals surface area contributed by atoms with Crippen molar-refractivity contribution in [2.24, 2.45) is 11.8 Å². The number of nitrogens with zero attached hydrogens (tertiary/aromatic N) is 3. The van der Waals surface area contributed by atoms with Gasteiger partial charge in [0.05, 0.1) is 5.92 Å². The molecule has 0 aromatic carbocycles. The molecule has 0 bridgehead atoms. The molecule has 0 radical (unpaired) electrons. The molecule has 1 aliphatic heterocycles. The molecule has 0 spiro atoms. The number of amides is 2. The molecule has 7 nitrogen and oxygen atoms in total. The number of piperidine rings is 1. The van der Waals surface area contributed by atoms with E-state index < -0.39 is 11.9 Å².